The lowest BCUT2D eigenvalue weighted by Crippen LogP contribution is -2.62. The number of carbonyl (C=O) groups excluding carboxylic acids is 4. The molecule has 0 unspecified atom stereocenters. The van der Waals surface area contributed by atoms with E-state index in [1.807, 2.05) is 20.8 Å². The van der Waals surface area contributed by atoms with Crippen molar-refractivity contribution in [3.8, 4) is 0 Å². The van der Waals surface area contributed by atoms with E-state index in [1.54, 1.807) is 0 Å². The Bertz CT molecular complexity index is 770. The Kier molecular flexibility index (Phi) is 21.0. The van der Waals surface area contributed by atoms with Crippen LogP contribution in [-0.2, 0) is 42.9 Å². The summed E-state index contributed by atoms with van der Waals surface area (Å²) < 4.78 is 28.3. The summed E-state index contributed by atoms with van der Waals surface area (Å²) in [6.45, 7) is 7.85. The van der Waals surface area contributed by atoms with Crippen LogP contribution in [0, 0.1) is 0 Å². The molecule has 1 heterocycles. The largest absolute Gasteiger partial charge is 0.463 e. The molecule has 1 fully saturated rings. The minimum atomic E-state index is -1.68. The van der Waals surface area contributed by atoms with Gasteiger partial charge in [-0.25, -0.2) is 0 Å². The van der Waals surface area contributed by atoms with Gasteiger partial charge >= 0.3 is 23.9 Å². The minimum Gasteiger partial charge on any atom is -0.463 e. The van der Waals surface area contributed by atoms with E-state index >= 15 is 0 Å². The predicted molar refractivity (Wildman–Crippen MR) is 157 cm³/mol. The van der Waals surface area contributed by atoms with Crippen molar-refractivity contribution >= 4 is 23.9 Å². The van der Waals surface area contributed by atoms with Crippen molar-refractivity contribution in [3.05, 3.63) is 0 Å². The molecule has 1 saturated heterocycles. The zero-order chi connectivity index (χ0) is 31.2. The number of carbonyl (C=O) groups is 4. The van der Waals surface area contributed by atoms with E-state index in [2.05, 4.69) is 6.92 Å². The average molecular weight is 601 g/mol. The number of ether oxygens (including phenoxy) is 5. The summed E-state index contributed by atoms with van der Waals surface area (Å²) in [5.74, 6) is -2.12. The Morgan fingerprint density at radius 1 is 0.524 bits per heavy atom. The van der Waals surface area contributed by atoms with E-state index in [4.69, 9.17) is 23.7 Å². The summed E-state index contributed by atoms with van der Waals surface area (Å²) in [6, 6.07) is 0. The molecule has 0 amide bonds. The highest BCUT2D eigenvalue weighted by molar-refractivity contribution is 5.72. The van der Waals surface area contributed by atoms with Crippen LogP contribution in [0.3, 0.4) is 0 Å². The van der Waals surface area contributed by atoms with Crippen LogP contribution in [0.5, 0.6) is 0 Å². The number of rotatable bonds is 23. The molecule has 244 valence electrons. The van der Waals surface area contributed by atoms with Crippen molar-refractivity contribution in [2.45, 2.75) is 174 Å². The Morgan fingerprint density at radius 3 is 1.40 bits per heavy atom. The second-order valence-electron chi connectivity index (χ2n) is 11.1. The van der Waals surface area contributed by atoms with Gasteiger partial charge in [-0.2, -0.15) is 0 Å². The van der Waals surface area contributed by atoms with Gasteiger partial charge in [-0.3, -0.25) is 19.2 Å². The topological polar surface area (TPSA) is 135 Å². The molecule has 10 heteroatoms. The SMILES string of the molecule is CCCCCCCC(=O)O[C@H]1[C@@H](OC(=O)CCCCC)[C@H](OC(=O)CCCCC)[C@@H](COC(=O)CCCCC)O[C@H]1O. The van der Waals surface area contributed by atoms with Gasteiger partial charge in [0.05, 0.1) is 0 Å². The normalized spacial score (nSPS) is 21.9. The Balaban J connectivity index is 3.14. The molecule has 0 bridgehead atoms. The maximum absolute atomic E-state index is 12.8. The molecule has 0 aromatic heterocycles. The lowest BCUT2D eigenvalue weighted by atomic mass is 9.98. The van der Waals surface area contributed by atoms with E-state index in [9.17, 15) is 24.3 Å². The van der Waals surface area contributed by atoms with Gasteiger partial charge < -0.3 is 28.8 Å². The molecule has 5 atom stereocenters. The Morgan fingerprint density at radius 2 is 0.905 bits per heavy atom. The van der Waals surface area contributed by atoms with Gasteiger partial charge in [0, 0.05) is 25.7 Å². The number of esters is 4. The van der Waals surface area contributed by atoms with Gasteiger partial charge in [0.15, 0.2) is 24.6 Å². The highest BCUT2D eigenvalue weighted by Crippen LogP contribution is 2.29. The lowest BCUT2D eigenvalue weighted by Gasteiger charge is -2.43. The van der Waals surface area contributed by atoms with Crippen LogP contribution in [0.1, 0.15) is 143 Å². The fourth-order valence-corrected chi connectivity index (χ4v) is 4.74. The molecule has 42 heavy (non-hydrogen) atoms. The van der Waals surface area contributed by atoms with Crippen LogP contribution in [0.15, 0.2) is 0 Å². The average Bonchev–Trinajstić information content (AvgIpc) is 2.95. The van der Waals surface area contributed by atoms with Crippen LogP contribution in [0.4, 0.5) is 0 Å². The van der Waals surface area contributed by atoms with Crippen molar-refractivity contribution < 1.29 is 48.0 Å². The summed E-state index contributed by atoms with van der Waals surface area (Å²) in [4.78, 5) is 50.8. The summed E-state index contributed by atoms with van der Waals surface area (Å²) in [7, 11) is 0. The standard InChI is InChI=1S/C32H56O10/c1-5-9-13-14-18-22-28(36)42-31-30(41-27(35)21-17-12-8-4)29(40-26(34)20-16-11-7-3)24(39-32(31)37)23-38-25(33)19-15-10-6-2/h24,29-32,37H,5-23H2,1-4H3/t24-,29-,30+,31+,32-/m1/s1. The van der Waals surface area contributed by atoms with E-state index in [-0.39, 0.29) is 32.3 Å². The second-order valence-corrected chi connectivity index (χ2v) is 11.1. The molecule has 1 rings (SSSR count). The maximum atomic E-state index is 12.8. The van der Waals surface area contributed by atoms with Crippen molar-refractivity contribution in [1.82, 2.24) is 0 Å². The number of hydrogen-bond donors (Lipinski definition) is 1. The Labute approximate surface area is 252 Å². The monoisotopic (exact) mass is 600 g/mol. The number of aliphatic hydroxyl groups excluding tert-OH is 1. The van der Waals surface area contributed by atoms with Crippen molar-refractivity contribution in [2.75, 3.05) is 6.61 Å². The highest BCUT2D eigenvalue weighted by Gasteiger charge is 2.52. The zero-order valence-electron chi connectivity index (χ0n) is 26.4. The molecule has 1 aliphatic heterocycles. The summed E-state index contributed by atoms with van der Waals surface area (Å²) >= 11 is 0. The molecule has 0 saturated carbocycles. The first-order valence-corrected chi connectivity index (χ1v) is 16.3. The molecule has 1 N–H and O–H groups in total. The van der Waals surface area contributed by atoms with Crippen LogP contribution in [0.25, 0.3) is 0 Å². The first-order valence-electron chi connectivity index (χ1n) is 16.3. The molecule has 1 aliphatic rings. The van der Waals surface area contributed by atoms with E-state index < -0.39 is 54.6 Å². The number of hydrogen-bond acceptors (Lipinski definition) is 10. The second kappa shape index (κ2) is 23.3. The van der Waals surface area contributed by atoms with Crippen LogP contribution < -0.4 is 0 Å². The summed E-state index contributed by atoms with van der Waals surface area (Å²) in [5.41, 5.74) is 0. The number of unbranched alkanes of at least 4 members (excludes halogenated alkanes) is 10. The molecule has 0 aromatic carbocycles. The van der Waals surface area contributed by atoms with Gasteiger partial charge in [-0.15, -0.1) is 0 Å². The van der Waals surface area contributed by atoms with Gasteiger partial charge in [0.25, 0.3) is 0 Å². The molecule has 0 aromatic rings. The van der Waals surface area contributed by atoms with E-state index in [0.717, 1.165) is 64.2 Å². The van der Waals surface area contributed by atoms with Crippen molar-refractivity contribution in [2.24, 2.45) is 0 Å². The van der Waals surface area contributed by atoms with Gasteiger partial charge in [-0.05, 0) is 25.7 Å². The third kappa shape index (κ3) is 15.9. The summed E-state index contributed by atoms with van der Waals surface area (Å²) in [5, 5.41) is 10.9. The molecule has 0 radical (unpaired) electrons. The van der Waals surface area contributed by atoms with Gasteiger partial charge in [0.2, 0.25) is 0 Å². The molecule has 10 nitrogen and oxygen atoms in total. The quantitative estimate of drug-likeness (QED) is 0.0834. The Hall–Kier alpha value is -2.20. The van der Waals surface area contributed by atoms with Crippen molar-refractivity contribution in [3.63, 3.8) is 0 Å². The molecule has 0 spiro atoms. The van der Waals surface area contributed by atoms with E-state index in [0.29, 0.717) is 25.7 Å². The first kappa shape index (κ1) is 37.8. The molecule has 0 aliphatic carbocycles. The predicted octanol–water partition coefficient (Wildman–Crippen LogP) is 6.08. The third-order valence-electron chi connectivity index (χ3n) is 7.26. The minimum absolute atomic E-state index is 0.119. The number of aliphatic hydroxyl groups is 1. The maximum Gasteiger partial charge on any atom is 0.306 e. The smallest absolute Gasteiger partial charge is 0.306 e. The highest BCUT2D eigenvalue weighted by atomic mass is 16.7. The van der Waals surface area contributed by atoms with Crippen molar-refractivity contribution in [1.29, 1.82) is 0 Å². The summed E-state index contributed by atoms with van der Waals surface area (Å²) in [6.07, 6.45) is 5.68. The van der Waals surface area contributed by atoms with Crippen LogP contribution in [-0.4, -0.2) is 66.3 Å². The van der Waals surface area contributed by atoms with Gasteiger partial charge in [-0.1, -0.05) is 91.9 Å². The molecular formula is C32H56O10. The van der Waals surface area contributed by atoms with Crippen LogP contribution in [0.2, 0.25) is 0 Å². The molecular weight excluding hydrogens is 544 g/mol. The fraction of sp³-hybridized carbons (Fsp3) is 0.875. The fourth-order valence-electron chi connectivity index (χ4n) is 4.74. The lowest BCUT2D eigenvalue weighted by molar-refractivity contribution is -0.297. The van der Waals surface area contributed by atoms with E-state index in [1.165, 1.54) is 0 Å². The zero-order valence-corrected chi connectivity index (χ0v) is 26.4. The first-order chi connectivity index (χ1) is 20.3. The third-order valence-corrected chi connectivity index (χ3v) is 7.26. The van der Waals surface area contributed by atoms with Crippen LogP contribution >= 0.6 is 0 Å². The van der Waals surface area contributed by atoms with Gasteiger partial charge in [0.1, 0.15) is 12.7 Å².